The van der Waals surface area contributed by atoms with Gasteiger partial charge in [0, 0.05) is 19.8 Å². The normalized spacial score (nSPS) is 9.13. The minimum absolute atomic E-state index is 0.193. The largest absolute Gasteiger partial charge is 0.466 e. The van der Waals surface area contributed by atoms with Gasteiger partial charge in [0.2, 0.25) is 0 Å². The molecule has 0 bridgehead atoms. The molecule has 0 saturated carbocycles. The van der Waals surface area contributed by atoms with Crippen molar-refractivity contribution in [2.75, 3.05) is 6.61 Å². The van der Waals surface area contributed by atoms with Crippen LogP contribution in [0, 0.1) is 48.5 Å². The summed E-state index contributed by atoms with van der Waals surface area (Å²) < 4.78 is 4.55. The SMILES string of the molecule is CCCCC(C)=O.CCCCCC(C)=O.CCCOC(C)=O.CCc1ccc(C)cc1.Cc1ccc(C)cc1.Cc1cccc(C)c1.Cc1ccccc1C. The molecule has 4 aromatic carbocycles. The van der Waals surface area contributed by atoms with E-state index in [0.717, 1.165) is 44.9 Å². The molecule has 55 heavy (non-hydrogen) atoms. The van der Waals surface area contributed by atoms with E-state index in [9.17, 15) is 14.4 Å². The molecule has 0 aromatic heterocycles. The smallest absolute Gasteiger partial charge is 0.302 e. The van der Waals surface area contributed by atoms with Crippen LogP contribution < -0.4 is 0 Å². The fourth-order valence-electron chi connectivity index (χ4n) is 4.23. The minimum atomic E-state index is -0.193. The number of carbonyl (C=O) groups excluding carboxylic acids is 3. The monoisotopic (exact) mass is 755 g/mol. The van der Waals surface area contributed by atoms with E-state index in [0.29, 0.717) is 18.2 Å². The van der Waals surface area contributed by atoms with Gasteiger partial charge in [-0.25, -0.2) is 0 Å². The predicted molar refractivity (Wildman–Crippen MR) is 240 cm³/mol. The van der Waals surface area contributed by atoms with E-state index in [1.54, 1.807) is 13.8 Å². The number of rotatable bonds is 10. The molecule has 4 aromatic rings. The van der Waals surface area contributed by atoms with Crippen LogP contribution in [0.25, 0.3) is 0 Å². The second-order valence-electron chi connectivity index (χ2n) is 14.0. The quantitative estimate of drug-likeness (QED) is 0.119. The third-order valence-corrected chi connectivity index (χ3v) is 7.87. The molecule has 0 saturated heterocycles. The van der Waals surface area contributed by atoms with Gasteiger partial charge in [0.15, 0.2) is 0 Å². The Morgan fingerprint density at radius 3 is 1.11 bits per heavy atom. The van der Waals surface area contributed by atoms with Crippen LogP contribution in [0.1, 0.15) is 144 Å². The number of benzene rings is 4. The van der Waals surface area contributed by atoms with Crippen molar-refractivity contribution in [3.63, 3.8) is 0 Å². The maximum Gasteiger partial charge on any atom is 0.302 e. The van der Waals surface area contributed by atoms with Gasteiger partial charge >= 0.3 is 5.97 Å². The summed E-state index contributed by atoms with van der Waals surface area (Å²) in [6.45, 7) is 28.4. The summed E-state index contributed by atoms with van der Waals surface area (Å²) >= 11 is 0. The zero-order chi connectivity index (χ0) is 42.4. The molecule has 0 aliphatic rings. The summed E-state index contributed by atoms with van der Waals surface area (Å²) in [7, 11) is 0. The lowest BCUT2D eigenvalue weighted by atomic mass is 10.1. The van der Waals surface area contributed by atoms with Crippen LogP contribution in [-0.4, -0.2) is 24.1 Å². The molecule has 306 valence electrons. The number of ketones is 2. The third-order valence-electron chi connectivity index (χ3n) is 7.87. The van der Waals surface area contributed by atoms with Crippen molar-refractivity contribution in [2.24, 2.45) is 0 Å². The standard InChI is InChI=1S/C9H12.3C8H10.C7H14O.C6H12O.C5H10O2/c1-3-9-6-4-8(2)5-7-9;1-7-3-5-8(2)6-4-7;1-7-4-3-5-8(2)6-7;1-7-5-3-4-6-8(7)2;1-3-4-5-6-7(2)8;1-3-4-5-6(2)7;1-3-4-7-5(2)6/h4-7H,3H2,1-2H3;3*3-6H,1-2H3;3-6H2,1-2H3;3-5H2,1-2H3;3-4H2,1-2H3. The number of unbranched alkanes of at least 4 members (excludes halogenated alkanes) is 3. The molecule has 0 unspecified atom stereocenters. The number of carbonyl (C=O) groups is 3. The van der Waals surface area contributed by atoms with Gasteiger partial charge in [-0.05, 0) is 105 Å². The van der Waals surface area contributed by atoms with Crippen LogP contribution in [-0.2, 0) is 25.5 Å². The molecule has 0 fully saturated rings. The fourth-order valence-corrected chi connectivity index (χ4v) is 4.23. The molecular weight excluding hydrogens is 677 g/mol. The third kappa shape index (κ3) is 42.3. The van der Waals surface area contributed by atoms with Gasteiger partial charge in [-0.15, -0.1) is 0 Å². The number of aryl methyl sites for hydroxylation is 8. The Hall–Kier alpha value is -4.31. The van der Waals surface area contributed by atoms with Crippen molar-refractivity contribution in [1.82, 2.24) is 0 Å². The molecular formula is C51H78O4. The number of ether oxygens (including phenoxy) is 1. The Morgan fingerprint density at radius 2 is 0.855 bits per heavy atom. The molecule has 0 amide bonds. The highest BCUT2D eigenvalue weighted by Crippen LogP contribution is 2.04. The van der Waals surface area contributed by atoms with Crippen LogP contribution in [0.5, 0.6) is 0 Å². The van der Waals surface area contributed by atoms with Crippen LogP contribution in [0.2, 0.25) is 0 Å². The van der Waals surface area contributed by atoms with Crippen LogP contribution in [0.3, 0.4) is 0 Å². The maximum atomic E-state index is 10.3. The van der Waals surface area contributed by atoms with Crippen LogP contribution >= 0.6 is 0 Å². The van der Waals surface area contributed by atoms with E-state index in [-0.39, 0.29) is 5.97 Å². The number of Topliss-reactive ketones (excluding diaryl/α,β-unsaturated/α-hetero) is 2. The minimum Gasteiger partial charge on any atom is -0.466 e. The topological polar surface area (TPSA) is 60.4 Å². The molecule has 0 N–H and O–H groups in total. The Bertz CT molecular complexity index is 1420. The average Bonchev–Trinajstić information content (AvgIpc) is 3.14. The van der Waals surface area contributed by atoms with Crippen molar-refractivity contribution in [3.8, 4) is 0 Å². The van der Waals surface area contributed by atoms with Gasteiger partial charge in [0.05, 0.1) is 6.61 Å². The second kappa shape index (κ2) is 38.0. The van der Waals surface area contributed by atoms with Gasteiger partial charge < -0.3 is 14.3 Å². The van der Waals surface area contributed by atoms with Crippen molar-refractivity contribution in [1.29, 1.82) is 0 Å². The van der Waals surface area contributed by atoms with Crippen molar-refractivity contribution < 1.29 is 19.1 Å². The first kappa shape index (κ1) is 55.0. The van der Waals surface area contributed by atoms with E-state index in [2.05, 4.69) is 171 Å². The Morgan fingerprint density at radius 1 is 0.455 bits per heavy atom. The molecule has 4 heteroatoms. The number of hydrogen-bond donors (Lipinski definition) is 0. The van der Waals surface area contributed by atoms with E-state index < -0.39 is 0 Å². The highest BCUT2D eigenvalue weighted by Gasteiger charge is 1.90. The molecule has 0 aliphatic carbocycles. The first-order valence-corrected chi connectivity index (χ1v) is 20.3. The lowest BCUT2D eigenvalue weighted by Gasteiger charge is -1.94. The maximum absolute atomic E-state index is 10.3. The molecule has 0 radical (unpaired) electrons. The van der Waals surface area contributed by atoms with Gasteiger partial charge in [-0.3, -0.25) is 4.79 Å². The Balaban J connectivity index is -0.000000575. The number of esters is 1. The van der Waals surface area contributed by atoms with Crippen molar-refractivity contribution in [3.05, 3.63) is 142 Å². The highest BCUT2D eigenvalue weighted by atomic mass is 16.5. The van der Waals surface area contributed by atoms with Crippen molar-refractivity contribution in [2.45, 2.75) is 155 Å². The van der Waals surface area contributed by atoms with Crippen LogP contribution in [0.15, 0.2) is 97.1 Å². The average molecular weight is 755 g/mol. The predicted octanol–water partition coefficient (Wildman–Crippen LogP) is 14.3. The molecule has 0 heterocycles. The lowest BCUT2D eigenvalue weighted by molar-refractivity contribution is -0.141. The first-order valence-electron chi connectivity index (χ1n) is 20.3. The van der Waals surface area contributed by atoms with Crippen molar-refractivity contribution >= 4 is 17.5 Å². The molecule has 4 nitrogen and oxygen atoms in total. The summed E-state index contributed by atoms with van der Waals surface area (Å²) in [5, 5.41) is 0. The summed E-state index contributed by atoms with van der Waals surface area (Å²) in [6, 6.07) is 33.9. The Kier molecular flexibility index (Phi) is 38.0. The fraction of sp³-hybridized carbons (Fsp3) is 0.471. The summed E-state index contributed by atoms with van der Waals surface area (Å²) in [5.41, 5.74) is 10.8. The summed E-state index contributed by atoms with van der Waals surface area (Å²) in [5.74, 6) is 0.433. The first-order chi connectivity index (χ1) is 26.0. The lowest BCUT2D eigenvalue weighted by Crippen LogP contribution is -1.98. The van der Waals surface area contributed by atoms with Crippen LogP contribution in [0.4, 0.5) is 0 Å². The van der Waals surface area contributed by atoms with Gasteiger partial charge in [0.25, 0.3) is 0 Å². The summed E-state index contributed by atoms with van der Waals surface area (Å²) in [4.78, 5) is 30.5. The zero-order valence-corrected chi connectivity index (χ0v) is 37.4. The molecule has 0 atom stereocenters. The second-order valence-corrected chi connectivity index (χ2v) is 14.0. The van der Waals surface area contributed by atoms with E-state index >= 15 is 0 Å². The number of hydrogen-bond acceptors (Lipinski definition) is 4. The van der Waals surface area contributed by atoms with Gasteiger partial charge in [-0.2, -0.15) is 0 Å². The van der Waals surface area contributed by atoms with Gasteiger partial charge in [-0.1, -0.05) is 172 Å². The van der Waals surface area contributed by atoms with E-state index in [1.807, 2.05) is 6.92 Å². The molecule has 0 aliphatic heterocycles. The molecule has 4 rings (SSSR count). The summed E-state index contributed by atoms with van der Waals surface area (Å²) in [6.07, 6.45) is 9.22. The highest BCUT2D eigenvalue weighted by molar-refractivity contribution is 5.75. The van der Waals surface area contributed by atoms with Gasteiger partial charge in [0.1, 0.15) is 11.6 Å². The van der Waals surface area contributed by atoms with E-state index in [4.69, 9.17) is 0 Å². The Labute approximate surface area is 338 Å². The van der Waals surface area contributed by atoms with E-state index in [1.165, 1.54) is 64.3 Å². The molecule has 0 spiro atoms. The zero-order valence-electron chi connectivity index (χ0n) is 37.4.